The lowest BCUT2D eigenvalue weighted by Crippen LogP contribution is -2.41. The maximum absolute atomic E-state index is 11.5. The number of sulfonamides is 1. The molecule has 0 aliphatic heterocycles. The van der Waals surface area contributed by atoms with Crippen molar-refractivity contribution >= 4 is 15.9 Å². The Balaban J connectivity index is 2.55. The van der Waals surface area contributed by atoms with E-state index in [9.17, 15) is 13.2 Å². The largest absolute Gasteiger partial charge is 0.447 e. The lowest BCUT2D eigenvalue weighted by molar-refractivity contribution is -0.128. The average molecular weight is 289 g/mol. The summed E-state index contributed by atoms with van der Waals surface area (Å²) < 4.78 is 27.1. The summed E-state index contributed by atoms with van der Waals surface area (Å²) in [6.07, 6.45) is 0. The first-order chi connectivity index (χ1) is 8.66. The van der Waals surface area contributed by atoms with Crippen LogP contribution in [0.25, 0.3) is 0 Å². The number of primary sulfonamides is 1. The Bertz CT molecular complexity index is 548. The molecular weight excluding hydrogens is 270 g/mol. The van der Waals surface area contributed by atoms with Crippen LogP contribution in [-0.4, -0.2) is 27.9 Å². The molecule has 19 heavy (non-hydrogen) atoms. The van der Waals surface area contributed by atoms with Crippen LogP contribution in [0.15, 0.2) is 21.6 Å². The van der Waals surface area contributed by atoms with E-state index >= 15 is 0 Å². The minimum atomic E-state index is -3.81. The number of carbonyl (C=O) groups excluding carboxylic acids is 1. The van der Waals surface area contributed by atoms with Crippen LogP contribution in [0.5, 0.6) is 0 Å². The van der Waals surface area contributed by atoms with Gasteiger partial charge in [-0.05, 0) is 26.0 Å². The maximum atomic E-state index is 11.5. The fourth-order valence-corrected chi connectivity index (χ4v) is 2.00. The van der Waals surface area contributed by atoms with Crippen molar-refractivity contribution < 1.29 is 17.6 Å². The number of nitrogens with two attached hydrogens (primary N) is 1. The Morgan fingerprint density at radius 1 is 1.42 bits per heavy atom. The number of rotatable bonds is 6. The molecule has 0 aliphatic rings. The molecule has 0 fully saturated rings. The van der Waals surface area contributed by atoms with Crippen molar-refractivity contribution in [3.63, 3.8) is 0 Å². The van der Waals surface area contributed by atoms with Crippen molar-refractivity contribution in [1.82, 2.24) is 10.6 Å². The number of carbonyl (C=O) groups is 1. The summed E-state index contributed by atoms with van der Waals surface area (Å²) in [5, 5.41) is 10.3. The molecule has 0 aliphatic carbocycles. The standard InChI is InChI=1S/C11H19N3O4S/c1-11(2,10(15)13-3)7-14-6-8-4-5-9(18-8)19(12,16)17/h4-5,14H,6-7H2,1-3H3,(H,13,15)(H2,12,16,17). The number of furan rings is 1. The summed E-state index contributed by atoms with van der Waals surface area (Å²) in [6, 6.07) is 2.83. The van der Waals surface area contributed by atoms with E-state index in [1.54, 1.807) is 20.9 Å². The van der Waals surface area contributed by atoms with E-state index in [1.165, 1.54) is 12.1 Å². The van der Waals surface area contributed by atoms with Gasteiger partial charge >= 0.3 is 0 Å². The number of nitrogens with one attached hydrogen (secondary N) is 2. The molecule has 1 aromatic heterocycles. The SMILES string of the molecule is CNC(=O)C(C)(C)CNCc1ccc(S(N)(=O)=O)o1. The number of hydrogen-bond acceptors (Lipinski definition) is 5. The average Bonchev–Trinajstić information content (AvgIpc) is 2.76. The molecule has 7 nitrogen and oxygen atoms in total. The highest BCUT2D eigenvalue weighted by molar-refractivity contribution is 7.89. The van der Waals surface area contributed by atoms with E-state index < -0.39 is 15.4 Å². The van der Waals surface area contributed by atoms with Crippen molar-refractivity contribution in [2.24, 2.45) is 10.6 Å². The summed E-state index contributed by atoms with van der Waals surface area (Å²) >= 11 is 0. The fourth-order valence-electron chi connectivity index (χ4n) is 1.52. The van der Waals surface area contributed by atoms with Gasteiger partial charge in [0.25, 0.3) is 10.0 Å². The molecule has 0 unspecified atom stereocenters. The van der Waals surface area contributed by atoms with Gasteiger partial charge in [0.1, 0.15) is 5.76 Å². The van der Waals surface area contributed by atoms with Crippen LogP contribution in [0.3, 0.4) is 0 Å². The third-order valence-electron chi connectivity index (χ3n) is 2.63. The van der Waals surface area contributed by atoms with Crippen molar-refractivity contribution in [3.05, 3.63) is 17.9 Å². The fraction of sp³-hybridized carbons (Fsp3) is 0.545. The molecule has 1 aromatic rings. The third kappa shape index (κ3) is 4.34. The van der Waals surface area contributed by atoms with Gasteiger partial charge in [0.15, 0.2) is 0 Å². The van der Waals surface area contributed by atoms with Gasteiger partial charge in [0, 0.05) is 13.6 Å². The Labute approximate surface area is 112 Å². The molecule has 0 aromatic carbocycles. The predicted molar refractivity (Wildman–Crippen MR) is 69.6 cm³/mol. The minimum absolute atomic E-state index is 0.0790. The highest BCUT2D eigenvalue weighted by atomic mass is 32.2. The Kier molecular flexibility index (Phi) is 4.72. The number of amides is 1. The topological polar surface area (TPSA) is 114 Å². The molecule has 0 atom stereocenters. The lowest BCUT2D eigenvalue weighted by atomic mass is 9.92. The predicted octanol–water partition coefficient (Wildman–Crippen LogP) is -0.211. The van der Waals surface area contributed by atoms with Crippen LogP contribution in [0.2, 0.25) is 0 Å². The van der Waals surface area contributed by atoms with Crippen molar-refractivity contribution in [3.8, 4) is 0 Å². The Morgan fingerprint density at radius 3 is 2.53 bits per heavy atom. The Hall–Kier alpha value is -1.38. The summed E-state index contributed by atoms with van der Waals surface area (Å²) in [7, 11) is -2.23. The highest BCUT2D eigenvalue weighted by Crippen LogP contribution is 2.15. The monoisotopic (exact) mass is 289 g/mol. The summed E-state index contributed by atoms with van der Waals surface area (Å²) in [4.78, 5) is 11.5. The van der Waals surface area contributed by atoms with E-state index in [1.807, 2.05) is 0 Å². The number of hydrogen-bond donors (Lipinski definition) is 3. The maximum Gasteiger partial charge on any atom is 0.271 e. The highest BCUT2D eigenvalue weighted by Gasteiger charge is 2.26. The van der Waals surface area contributed by atoms with Gasteiger partial charge in [0.05, 0.1) is 12.0 Å². The minimum Gasteiger partial charge on any atom is -0.447 e. The molecule has 1 heterocycles. The van der Waals surface area contributed by atoms with Crippen molar-refractivity contribution in [2.75, 3.05) is 13.6 Å². The first-order valence-electron chi connectivity index (χ1n) is 5.71. The molecule has 1 amide bonds. The smallest absolute Gasteiger partial charge is 0.271 e. The second-order valence-electron chi connectivity index (χ2n) is 4.83. The lowest BCUT2D eigenvalue weighted by Gasteiger charge is -2.22. The van der Waals surface area contributed by atoms with Gasteiger partial charge in [-0.25, -0.2) is 13.6 Å². The molecule has 4 N–H and O–H groups in total. The van der Waals surface area contributed by atoms with Crippen LogP contribution in [0.4, 0.5) is 0 Å². The van der Waals surface area contributed by atoms with E-state index in [0.29, 0.717) is 18.8 Å². The Morgan fingerprint density at radius 2 is 2.05 bits per heavy atom. The van der Waals surface area contributed by atoms with Crippen molar-refractivity contribution in [1.29, 1.82) is 0 Å². The summed E-state index contributed by atoms with van der Waals surface area (Å²) in [5.41, 5.74) is -0.565. The normalized spacial score (nSPS) is 12.4. The summed E-state index contributed by atoms with van der Waals surface area (Å²) in [5.74, 6) is 0.362. The molecule has 0 saturated heterocycles. The molecular formula is C11H19N3O4S. The molecule has 108 valence electrons. The van der Waals surface area contributed by atoms with E-state index in [0.717, 1.165) is 0 Å². The van der Waals surface area contributed by atoms with Gasteiger partial charge in [-0.3, -0.25) is 4.79 Å². The quantitative estimate of drug-likeness (QED) is 0.670. The van der Waals surface area contributed by atoms with Gasteiger partial charge in [-0.2, -0.15) is 0 Å². The first kappa shape index (κ1) is 15.7. The van der Waals surface area contributed by atoms with E-state index in [2.05, 4.69) is 10.6 Å². The van der Waals surface area contributed by atoms with Gasteiger partial charge in [-0.1, -0.05) is 0 Å². The van der Waals surface area contributed by atoms with Gasteiger partial charge in [0.2, 0.25) is 11.0 Å². The zero-order chi connectivity index (χ0) is 14.7. The second kappa shape index (κ2) is 5.72. The zero-order valence-corrected chi connectivity index (χ0v) is 12.0. The second-order valence-corrected chi connectivity index (χ2v) is 6.32. The van der Waals surface area contributed by atoms with Crippen LogP contribution in [-0.2, 0) is 21.4 Å². The molecule has 0 radical (unpaired) electrons. The van der Waals surface area contributed by atoms with Gasteiger partial charge < -0.3 is 15.1 Å². The summed E-state index contributed by atoms with van der Waals surface area (Å²) in [6.45, 7) is 4.35. The zero-order valence-electron chi connectivity index (χ0n) is 11.2. The van der Waals surface area contributed by atoms with Crippen LogP contribution < -0.4 is 15.8 Å². The van der Waals surface area contributed by atoms with Gasteiger partial charge in [-0.15, -0.1) is 0 Å². The molecule has 0 bridgehead atoms. The van der Waals surface area contributed by atoms with Crippen LogP contribution in [0, 0.1) is 5.41 Å². The van der Waals surface area contributed by atoms with E-state index in [-0.39, 0.29) is 11.0 Å². The molecule has 8 heteroatoms. The van der Waals surface area contributed by atoms with Crippen LogP contribution in [0.1, 0.15) is 19.6 Å². The third-order valence-corrected chi connectivity index (χ3v) is 3.41. The molecule has 0 spiro atoms. The van der Waals surface area contributed by atoms with Crippen molar-refractivity contribution in [2.45, 2.75) is 25.5 Å². The van der Waals surface area contributed by atoms with Crippen LogP contribution >= 0.6 is 0 Å². The molecule has 0 saturated carbocycles. The molecule has 1 rings (SSSR count). The first-order valence-corrected chi connectivity index (χ1v) is 7.26. The van der Waals surface area contributed by atoms with E-state index in [4.69, 9.17) is 9.56 Å².